The van der Waals surface area contributed by atoms with Gasteiger partial charge >= 0.3 is 12.3 Å². The normalized spacial score (nSPS) is 31.1. The first-order valence-electron chi connectivity index (χ1n) is 22.0. The maximum Gasteiger partial charge on any atom is 0.428 e. The Labute approximate surface area is 368 Å². The molecule has 3 N–H and O–H groups in total. The molecule has 2 bridgehead atoms. The third kappa shape index (κ3) is 8.77. The quantitative estimate of drug-likeness (QED) is 0.258. The molecule has 354 valence electrons. The fraction of sp³-hybridized carbons (Fsp3) is 0.721. The summed E-state index contributed by atoms with van der Waals surface area (Å²) in [5.41, 5.74) is -5.11. The number of hydrogen-bond acceptors (Lipinski definition) is 11. The van der Waals surface area contributed by atoms with Crippen LogP contribution in [0.2, 0.25) is 0 Å². The number of ether oxygens (including phenoxy) is 3. The molecular formula is C43H57F5N6O9S. The Morgan fingerprint density at radius 1 is 1.03 bits per heavy atom. The standard InChI is InChI=1S/C43H57F5N6O9S/c1-7-25-30-22-54(31(25)34(55)52-41(21-26(41)33(44)45)37(57)53-64(59,60)40(5)18-19-40)36(56)32(39(2,3)4)51-38(58)63-42(43(46,47)48)17-11-13-23(42)12-9-8-10-14-28-35(62-30)50-29-20-24(61-6)15-16-27(29)49-28/h15-16,20,23,25-26,30-33H,7-14,17-19,21-22H2,1-6H3,(H,51,58)(H,52,55)(H,53,57)/t23-,25-,26+,30+,31+,32-,41-,42-/m1/s1. The summed E-state index contributed by atoms with van der Waals surface area (Å²) >= 11 is 0. The van der Waals surface area contributed by atoms with Gasteiger partial charge in [-0.25, -0.2) is 32.0 Å². The van der Waals surface area contributed by atoms with Crippen LogP contribution in [0.3, 0.4) is 0 Å². The van der Waals surface area contributed by atoms with Crippen molar-refractivity contribution in [3.8, 4) is 11.6 Å². The predicted octanol–water partition coefficient (Wildman–Crippen LogP) is 6.12. The summed E-state index contributed by atoms with van der Waals surface area (Å²) in [6.07, 6.45) is -9.06. The van der Waals surface area contributed by atoms with E-state index < -0.39 is 117 Å². The Hall–Kier alpha value is -4.56. The van der Waals surface area contributed by atoms with Crippen LogP contribution < -0.4 is 24.8 Å². The molecule has 1 aromatic heterocycles. The summed E-state index contributed by atoms with van der Waals surface area (Å²) in [5.74, 6) is -6.60. The van der Waals surface area contributed by atoms with Crippen LogP contribution in [0.1, 0.15) is 111 Å². The van der Waals surface area contributed by atoms with E-state index in [4.69, 9.17) is 24.2 Å². The van der Waals surface area contributed by atoms with Crippen molar-refractivity contribution in [1.82, 2.24) is 30.2 Å². The second-order valence-electron chi connectivity index (χ2n) is 19.4. The van der Waals surface area contributed by atoms with E-state index in [1.54, 1.807) is 45.9 Å². The number of amides is 4. The lowest BCUT2D eigenvalue weighted by Crippen LogP contribution is -2.62. The first-order chi connectivity index (χ1) is 29.9. The molecule has 4 amide bonds. The van der Waals surface area contributed by atoms with Crippen LogP contribution in [-0.2, 0) is 35.6 Å². The minimum atomic E-state index is -4.94. The van der Waals surface area contributed by atoms with E-state index in [9.17, 15) is 31.6 Å². The highest BCUT2D eigenvalue weighted by molar-refractivity contribution is 7.91. The minimum absolute atomic E-state index is 0.0642. The molecule has 5 aliphatic rings. The lowest BCUT2D eigenvalue weighted by Gasteiger charge is -2.39. The van der Waals surface area contributed by atoms with Gasteiger partial charge in [0.25, 0.3) is 5.91 Å². The van der Waals surface area contributed by atoms with Crippen LogP contribution in [0.5, 0.6) is 11.6 Å². The molecule has 0 radical (unpaired) electrons. The van der Waals surface area contributed by atoms with Gasteiger partial charge in [-0.15, -0.1) is 0 Å². The van der Waals surface area contributed by atoms with Crippen molar-refractivity contribution in [2.75, 3.05) is 13.7 Å². The smallest absolute Gasteiger partial charge is 0.428 e. The number of nitrogens with zero attached hydrogens (tertiary/aromatic N) is 3. The zero-order valence-corrected chi connectivity index (χ0v) is 37.6. The molecule has 3 aliphatic carbocycles. The number of carbonyl (C=O) groups is 4. The fourth-order valence-corrected chi connectivity index (χ4v) is 11.1. The predicted molar refractivity (Wildman–Crippen MR) is 221 cm³/mol. The number of hydrogen-bond donors (Lipinski definition) is 3. The number of sulfonamides is 1. The lowest BCUT2D eigenvalue weighted by molar-refractivity contribution is -0.271. The molecule has 8 atom stereocenters. The van der Waals surface area contributed by atoms with Gasteiger partial charge in [-0.2, -0.15) is 13.2 Å². The molecule has 3 heterocycles. The lowest BCUT2D eigenvalue weighted by atomic mass is 9.85. The molecule has 7 rings (SSSR count). The van der Waals surface area contributed by atoms with Crippen molar-refractivity contribution in [3.05, 3.63) is 23.9 Å². The Morgan fingerprint density at radius 3 is 2.34 bits per heavy atom. The number of nitrogens with one attached hydrogen (secondary N) is 3. The Balaban J connectivity index is 1.31. The van der Waals surface area contributed by atoms with E-state index in [0.29, 0.717) is 41.7 Å². The minimum Gasteiger partial charge on any atom is -0.497 e. The first-order valence-corrected chi connectivity index (χ1v) is 23.4. The molecule has 15 nitrogen and oxygen atoms in total. The van der Waals surface area contributed by atoms with Gasteiger partial charge < -0.3 is 29.7 Å². The maximum absolute atomic E-state index is 15.1. The first kappa shape index (κ1) is 47.4. The van der Waals surface area contributed by atoms with Crippen LogP contribution in [0.4, 0.5) is 26.7 Å². The molecule has 2 aliphatic heterocycles. The number of halogens is 5. The molecule has 0 spiro atoms. The highest BCUT2D eigenvalue weighted by Gasteiger charge is 2.68. The fourth-order valence-electron chi connectivity index (χ4n) is 9.74. The van der Waals surface area contributed by atoms with Crippen molar-refractivity contribution < 1.29 is 63.8 Å². The summed E-state index contributed by atoms with van der Waals surface area (Å²) in [7, 11) is -2.85. The van der Waals surface area contributed by atoms with E-state index in [1.165, 1.54) is 14.0 Å². The van der Waals surface area contributed by atoms with Crippen molar-refractivity contribution in [3.63, 3.8) is 0 Å². The van der Waals surface area contributed by atoms with E-state index in [-0.39, 0.29) is 57.4 Å². The van der Waals surface area contributed by atoms with Gasteiger partial charge in [-0.3, -0.25) is 19.1 Å². The number of benzene rings is 1. The molecule has 1 aromatic carbocycles. The Bertz CT molecular complexity index is 2270. The number of fused-ring (bicyclic) bond motifs is 5. The number of rotatable bonds is 8. The van der Waals surface area contributed by atoms with E-state index in [0.717, 1.165) is 4.90 Å². The summed E-state index contributed by atoms with van der Waals surface area (Å²) in [5, 5.41) is 4.82. The number of methoxy groups -OCH3 is 1. The molecule has 1 saturated heterocycles. The van der Waals surface area contributed by atoms with Crippen LogP contribution in [0.25, 0.3) is 11.0 Å². The molecule has 3 saturated carbocycles. The van der Waals surface area contributed by atoms with Gasteiger partial charge in [0, 0.05) is 17.9 Å². The van der Waals surface area contributed by atoms with Crippen molar-refractivity contribution in [1.29, 1.82) is 0 Å². The van der Waals surface area contributed by atoms with Crippen LogP contribution in [0, 0.1) is 23.2 Å². The van der Waals surface area contributed by atoms with Gasteiger partial charge in [-0.05, 0) is 88.7 Å². The van der Waals surface area contributed by atoms with E-state index in [2.05, 4.69) is 10.6 Å². The van der Waals surface area contributed by atoms with E-state index in [1.807, 2.05) is 4.72 Å². The third-order valence-electron chi connectivity index (χ3n) is 14.0. The average Bonchev–Trinajstić information content (AvgIpc) is 4.06. The topological polar surface area (TPSA) is 195 Å². The van der Waals surface area contributed by atoms with E-state index >= 15 is 18.0 Å². The van der Waals surface area contributed by atoms with Crippen LogP contribution in [0.15, 0.2) is 18.2 Å². The highest BCUT2D eigenvalue weighted by Crippen LogP contribution is 2.52. The Morgan fingerprint density at radius 2 is 1.73 bits per heavy atom. The number of alkyl carbamates (subject to hydrolysis) is 1. The summed E-state index contributed by atoms with van der Waals surface area (Å²) in [6.45, 7) is 7.39. The number of alkyl halides is 5. The summed E-state index contributed by atoms with van der Waals surface area (Å²) in [6, 6.07) is 1.85. The summed E-state index contributed by atoms with van der Waals surface area (Å²) in [4.78, 5) is 68.0. The van der Waals surface area contributed by atoms with Crippen LogP contribution in [-0.4, -0.2) is 107 Å². The average molecular weight is 929 g/mol. The number of carbonyl (C=O) groups excluding carboxylic acids is 4. The molecular weight excluding hydrogens is 872 g/mol. The van der Waals surface area contributed by atoms with Gasteiger partial charge in [0.05, 0.1) is 35.4 Å². The van der Waals surface area contributed by atoms with Gasteiger partial charge in [-0.1, -0.05) is 40.5 Å². The third-order valence-corrected chi connectivity index (χ3v) is 16.2. The Kier molecular flexibility index (Phi) is 12.6. The molecule has 4 fully saturated rings. The number of aromatic nitrogens is 2. The SMILES string of the molecule is CC[C@@H]1[C@@H]2CN(C(=O)[C@H](C(C)(C)C)NC(=O)O[C@]3(C(F)(F)F)CCC[C@H]3CCCCCc3nc4ccc(OC)cc4nc3O2)[C@@H]1C(=O)N[C@]1(C(=O)NS(=O)(=O)C2(C)CC2)C[C@H]1C(F)F. The zero-order chi connectivity index (χ0) is 46.8. The molecule has 64 heavy (non-hydrogen) atoms. The zero-order valence-electron chi connectivity index (χ0n) is 36.8. The van der Waals surface area contributed by atoms with Crippen molar-refractivity contribution in [2.45, 2.75) is 158 Å². The summed E-state index contributed by atoms with van der Waals surface area (Å²) < 4.78 is 119. The van der Waals surface area contributed by atoms with Gasteiger partial charge in [0.15, 0.2) is 0 Å². The largest absolute Gasteiger partial charge is 0.497 e. The van der Waals surface area contributed by atoms with Crippen LogP contribution >= 0.6 is 0 Å². The van der Waals surface area contributed by atoms with Gasteiger partial charge in [0.1, 0.15) is 35.2 Å². The van der Waals surface area contributed by atoms with Crippen molar-refractivity contribution in [2.24, 2.45) is 23.2 Å². The molecule has 2 aromatic rings. The van der Waals surface area contributed by atoms with Gasteiger partial charge in [0.2, 0.25) is 39.7 Å². The molecule has 0 unspecified atom stereocenters. The monoisotopic (exact) mass is 928 g/mol. The molecule has 21 heteroatoms. The second-order valence-corrected chi connectivity index (χ2v) is 21.6. The second kappa shape index (κ2) is 17.0. The maximum atomic E-state index is 15.1. The van der Waals surface area contributed by atoms with Crippen molar-refractivity contribution >= 4 is 44.9 Å². The number of aryl methyl sites for hydroxylation is 1. The highest BCUT2D eigenvalue weighted by atomic mass is 32.2.